The Labute approximate surface area is 150 Å². The van der Waals surface area contributed by atoms with Crippen LogP contribution in [-0.2, 0) is 6.54 Å². The van der Waals surface area contributed by atoms with E-state index in [-0.39, 0.29) is 11.1 Å². The fourth-order valence-corrected chi connectivity index (χ4v) is 4.34. The minimum Gasteiger partial charge on any atom is -0.355 e. The van der Waals surface area contributed by atoms with E-state index in [9.17, 15) is 10.1 Å². The summed E-state index contributed by atoms with van der Waals surface area (Å²) in [5.41, 5.74) is 1.34. The third-order valence-corrected chi connectivity index (χ3v) is 5.65. The minimum absolute atomic E-state index is 0.103. The van der Waals surface area contributed by atoms with Gasteiger partial charge in [-0.1, -0.05) is 25.6 Å². The van der Waals surface area contributed by atoms with Gasteiger partial charge in [-0.15, -0.1) is 0 Å². The smallest absolute Gasteiger partial charge is 0.272 e. The summed E-state index contributed by atoms with van der Waals surface area (Å²) in [7, 11) is 0. The first kappa shape index (κ1) is 16.2. The molecule has 0 amide bonds. The lowest BCUT2D eigenvalue weighted by Gasteiger charge is -2.46. The number of nitriles is 1. The van der Waals surface area contributed by atoms with Crippen molar-refractivity contribution in [3.05, 3.63) is 34.2 Å². The monoisotopic (exact) mass is 353 g/mol. The highest BCUT2D eigenvalue weighted by Gasteiger charge is 2.34. The first-order chi connectivity index (χ1) is 12.0. The largest absolute Gasteiger partial charge is 0.355 e. The van der Waals surface area contributed by atoms with Gasteiger partial charge >= 0.3 is 0 Å². The quantitative estimate of drug-likeness (QED) is 0.772. The van der Waals surface area contributed by atoms with Crippen LogP contribution in [0.4, 0.5) is 5.82 Å². The van der Waals surface area contributed by atoms with Gasteiger partial charge in [0.1, 0.15) is 17.5 Å². The highest BCUT2D eigenvalue weighted by molar-refractivity contribution is 7.99. The Bertz CT molecular complexity index is 918. The van der Waals surface area contributed by atoms with Crippen LogP contribution in [-0.4, -0.2) is 33.4 Å². The fourth-order valence-electron chi connectivity index (χ4n) is 3.40. The number of hydrogen-bond donors (Lipinski definition) is 0. The van der Waals surface area contributed by atoms with Crippen molar-refractivity contribution in [2.24, 2.45) is 5.41 Å². The summed E-state index contributed by atoms with van der Waals surface area (Å²) < 4.78 is 1.61. The van der Waals surface area contributed by atoms with Gasteiger partial charge < -0.3 is 4.90 Å². The number of rotatable bonds is 2. The van der Waals surface area contributed by atoms with E-state index in [1.165, 1.54) is 0 Å². The number of fused-ring (bicyclic) bond motifs is 1. The van der Waals surface area contributed by atoms with E-state index in [0.717, 1.165) is 31.1 Å². The molecule has 128 valence electrons. The molecule has 0 aliphatic carbocycles. The first-order valence-electron chi connectivity index (χ1n) is 8.38. The molecule has 0 unspecified atom stereocenters. The molecule has 2 aliphatic rings. The van der Waals surface area contributed by atoms with Gasteiger partial charge in [-0.25, -0.2) is 9.97 Å². The number of thioether (sulfide) groups is 1. The second kappa shape index (κ2) is 5.88. The summed E-state index contributed by atoms with van der Waals surface area (Å²) in [5.74, 6) is 1.87. The molecular weight excluding hydrogens is 334 g/mol. The zero-order chi connectivity index (χ0) is 17.6. The molecule has 4 heterocycles. The molecule has 0 spiro atoms. The summed E-state index contributed by atoms with van der Waals surface area (Å²) in [5, 5.41) is 10.2. The highest BCUT2D eigenvalue weighted by atomic mass is 32.2. The lowest BCUT2D eigenvalue weighted by atomic mass is 9.84. The summed E-state index contributed by atoms with van der Waals surface area (Å²) >= 11 is 1.57. The maximum absolute atomic E-state index is 12.6. The van der Waals surface area contributed by atoms with Gasteiger partial charge in [-0.3, -0.25) is 9.36 Å². The van der Waals surface area contributed by atoms with Crippen molar-refractivity contribution in [1.82, 2.24) is 14.5 Å². The third-order valence-electron chi connectivity index (χ3n) is 4.59. The molecular formula is C18H19N5OS. The molecule has 2 aliphatic heterocycles. The van der Waals surface area contributed by atoms with Gasteiger partial charge in [0.2, 0.25) is 0 Å². The Kier molecular flexibility index (Phi) is 3.80. The van der Waals surface area contributed by atoms with Crippen LogP contribution >= 0.6 is 11.8 Å². The first-order valence-corrected chi connectivity index (χ1v) is 9.36. The maximum Gasteiger partial charge on any atom is 0.272 e. The molecule has 0 radical (unpaired) electrons. The van der Waals surface area contributed by atoms with Crippen LogP contribution in [0.2, 0.25) is 0 Å². The van der Waals surface area contributed by atoms with Crippen molar-refractivity contribution < 1.29 is 0 Å². The van der Waals surface area contributed by atoms with Gasteiger partial charge in [0, 0.05) is 37.1 Å². The molecule has 0 atom stereocenters. The molecule has 2 aromatic heterocycles. The molecule has 4 rings (SSSR count). The molecule has 1 fully saturated rings. The average molecular weight is 353 g/mol. The van der Waals surface area contributed by atoms with Crippen LogP contribution < -0.4 is 10.5 Å². The van der Waals surface area contributed by atoms with Crippen molar-refractivity contribution in [1.29, 1.82) is 5.26 Å². The van der Waals surface area contributed by atoms with E-state index < -0.39 is 0 Å². The Morgan fingerprint density at radius 3 is 2.76 bits per heavy atom. The molecule has 0 bridgehead atoms. The summed E-state index contributed by atoms with van der Waals surface area (Å²) in [4.78, 5) is 23.9. The van der Waals surface area contributed by atoms with E-state index in [4.69, 9.17) is 0 Å². The SMILES string of the molecule is CC1(C)CN(c2ccc(-c3nc4n(c(=O)c3C#N)CCCS4)cn2)C1. The molecule has 7 heteroatoms. The van der Waals surface area contributed by atoms with Gasteiger partial charge in [-0.05, 0) is 24.0 Å². The fraction of sp³-hybridized carbons (Fsp3) is 0.444. The molecule has 6 nitrogen and oxygen atoms in total. The van der Waals surface area contributed by atoms with Crippen molar-refractivity contribution in [3.63, 3.8) is 0 Å². The van der Waals surface area contributed by atoms with Crippen LogP contribution in [0, 0.1) is 16.7 Å². The number of hydrogen-bond acceptors (Lipinski definition) is 6. The topological polar surface area (TPSA) is 74.8 Å². The standard InChI is InChI=1S/C18H19N5OS/c1-18(2)10-22(11-18)14-5-4-12(9-20-14)15-13(8-19)16(24)23-6-3-7-25-17(23)21-15/h4-5,9H,3,6-7,10-11H2,1-2H3. The van der Waals surface area contributed by atoms with Crippen molar-refractivity contribution in [2.75, 3.05) is 23.7 Å². The van der Waals surface area contributed by atoms with E-state index in [1.807, 2.05) is 18.2 Å². The van der Waals surface area contributed by atoms with E-state index in [0.29, 0.717) is 28.4 Å². The second-order valence-electron chi connectivity index (χ2n) is 7.31. The summed E-state index contributed by atoms with van der Waals surface area (Å²) in [6.07, 6.45) is 2.64. The Morgan fingerprint density at radius 2 is 2.12 bits per heavy atom. The lowest BCUT2D eigenvalue weighted by Crippen LogP contribution is -2.53. The highest BCUT2D eigenvalue weighted by Crippen LogP contribution is 2.33. The molecule has 0 N–H and O–H groups in total. The van der Waals surface area contributed by atoms with Gasteiger partial charge in [-0.2, -0.15) is 5.26 Å². The molecule has 2 aromatic rings. The van der Waals surface area contributed by atoms with E-state index >= 15 is 0 Å². The lowest BCUT2D eigenvalue weighted by molar-refractivity contribution is 0.274. The molecule has 0 saturated carbocycles. The molecule has 25 heavy (non-hydrogen) atoms. The number of pyridine rings is 1. The molecule has 0 aromatic carbocycles. The maximum atomic E-state index is 12.6. The minimum atomic E-state index is -0.247. The molecule has 1 saturated heterocycles. The average Bonchev–Trinajstić information content (AvgIpc) is 2.60. The van der Waals surface area contributed by atoms with Crippen molar-refractivity contribution in [3.8, 4) is 17.3 Å². The van der Waals surface area contributed by atoms with Gasteiger partial charge in [0.25, 0.3) is 5.56 Å². The van der Waals surface area contributed by atoms with Crippen LogP contribution in [0.5, 0.6) is 0 Å². The Balaban J connectivity index is 1.71. The van der Waals surface area contributed by atoms with Crippen LogP contribution in [0.15, 0.2) is 28.3 Å². The summed E-state index contributed by atoms with van der Waals surface area (Å²) in [6, 6.07) is 5.89. The number of nitrogens with zero attached hydrogens (tertiary/aromatic N) is 5. The van der Waals surface area contributed by atoms with E-state index in [2.05, 4.69) is 28.7 Å². The van der Waals surface area contributed by atoms with Crippen LogP contribution in [0.1, 0.15) is 25.8 Å². The number of aromatic nitrogens is 3. The van der Waals surface area contributed by atoms with Crippen molar-refractivity contribution >= 4 is 17.6 Å². The van der Waals surface area contributed by atoms with Crippen LogP contribution in [0.3, 0.4) is 0 Å². The normalized spacial score (nSPS) is 18.2. The van der Waals surface area contributed by atoms with E-state index in [1.54, 1.807) is 22.5 Å². The van der Waals surface area contributed by atoms with Gasteiger partial charge in [0.15, 0.2) is 5.16 Å². The van der Waals surface area contributed by atoms with Gasteiger partial charge in [0.05, 0.1) is 5.69 Å². The predicted octanol–water partition coefficient (Wildman–Crippen LogP) is 2.52. The Hall–Kier alpha value is -2.33. The number of anilines is 1. The van der Waals surface area contributed by atoms with Crippen molar-refractivity contribution in [2.45, 2.75) is 32.0 Å². The third kappa shape index (κ3) is 2.81. The summed E-state index contributed by atoms with van der Waals surface area (Å²) in [6.45, 7) is 7.07. The second-order valence-corrected chi connectivity index (χ2v) is 8.38. The predicted molar refractivity (Wildman–Crippen MR) is 97.8 cm³/mol. The zero-order valence-corrected chi connectivity index (χ0v) is 15.1. The van der Waals surface area contributed by atoms with Crippen LogP contribution in [0.25, 0.3) is 11.3 Å². The zero-order valence-electron chi connectivity index (χ0n) is 14.3. The Morgan fingerprint density at radius 1 is 1.32 bits per heavy atom.